The topological polar surface area (TPSA) is 49.4 Å². The van der Waals surface area contributed by atoms with Crippen molar-refractivity contribution in [3.8, 4) is 0 Å². The molecule has 1 aromatic carbocycles. The second-order valence-corrected chi connectivity index (χ2v) is 6.74. The van der Waals surface area contributed by atoms with Gasteiger partial charge in [-0.1, -0.05) is 6.92 Å². The summed E-state index contributed by atoms with van der Waals surface area (Å²) in [4.78, 5) is 0.412. The Hall–Kier alpha value is -1.07. The predicted molar refractivity (Wildman–Crippen MR) is 75.6 cm³/mol. The molecule has 0 aliphatic rings. The highest BCUT2D eigenvalue weighted by Gasteiger charge is 2.22. The summed E-state index contributed by atoms with van der Waals surface area (Å²) < 4.78 is 25.7. The van der Waals surface area contributed by atoms with Gasteiger partial charge in [-0.2, -0.15) is 0 Å². The lowest BCUT2D eigenvalue weighted by atomic mass is 10.1. The molecule has 1 aromatic rings. The fraction of sp³-hybridized carbons (Fsp3) is 0.538. The van der Waals surface area contributed by atoms with Crippen LogP contribution in [0.25, 0.3) is 0 Å². The van der Waals surface area contributed by atoms with Gasteiger partial charge in [0.05, 0.1) is 4.90 Å². The van der Waals surface area contributed by atoms with Crippen LogP contribution in [0, 0.1) is 13.8 Å². The molecule has 0 amide bonds. The molecule has 0 saturated carbocycles. The van der Waals surface area contributed by atoms with Crippen molar-refractivity contribution in [3.05, 3.63) is 23.3 Å². The monoisotopic (exact) mass is 270 g/mol. The van der Waals surface area contributed by atoms with Gasteiger partial charge in [0.15, 0.2) is 0 Å². The highest BCUT2D eigenvalue weighted by atomic mass is 32.2. The van der Waals surface area contributed by atoms with Gasteiger partial charge in [0.2, 0.25) is 10.0 Å². The average Bonchev–Trinajstić information content (AvgIpc) is 2.24. The van der Waals surface area contributed by atoms with Gasteiger partial charge in [0.25, 0.3) is 0 Å². The summed E-state index contributed by atoms with van der Waals surface area (Å²) in [5, 5.41) is 3.28. The van der Waals surface area contributed by atoms with E-state index in [1.165, 1.54) is 4.31 Å². The maximum Gasteiger partial charge on any atom is 0.243 e. The lowest BCUT2D eigenvalue weighted by Crippen LogP contribution is -2.24. The van der Waals surface area contributed by atoms with Crippen molar-refractivity contribution in [1.29, 1.82) is 0 Å². The van der Waals surface area contributed by atoms with Gasteiger partial charge >= 0.3 is 0 Å². The van der Waals surface area contributed by atoms with Gasteiger partial charge in [-0.25, -0.2) is 12.7 Å². The first-order valence-corrected chi connectivity index (χ1v) is 7.52. The van der Waals surface area contributed by atoms with Crippen molar-refractivity contribution in [1.82, 2.24) is 4.31 Å². The Labute approximate surface area is 110 Å². The van der Waals surface area contributed by atoms with Gasteiger partial charge in [-0.3, -0.25) is 0 Å². The first-order chi connectivity index (χ1) is 8.30. The molecule has 5 heteroatoms. The van der Waals surface area contributed by atoms with Crippen LogP contribution in [0.15, 0.2) is 17.0 Å². The number of hydrogen-bond acceptors (Lipinski definition) is 3. The first-order valence-electron chi connectivity index (χ1n) is 6.08. The fourth-order valence-electron chi connectivity index (χ4n) is 1.91. The minimum atomic E-state index is -3.37. The molecule has 4 nitrogen and oxygen atoms in total. The summed E-state index contributed by atoms with van der Waals surface area (Å²) in [5.74, 6) is 0. The van der Waals surface area contributed by atoms with E-state index in [2.05, 4.69) is 12.2 Å². The van der Waals surface area contributed by atoms with E-state index in [1.807, 2.05) is 26.0 Å². The quantitative estimate of drug-likeness (QED) is 0.893. The number of aryl methyl sites for hydroxylation is 2. The van der Waals surface area contributed by atoms with Gasteiger partial charge in [0, 0.05) is 26.3 Å². The van der Waals surface area contributed by atoms with E-state index < -0.39 is 10.0 Å². The van der Waals surface area contributed by atoms with Crippen LogP contribution in [0.1, 0.15) is 24.5 Å². The zero-order valence-electron chi connectivity index (χ0n) is 11.7. The number of hydrogen-bond donors (Lipinski definition) is 1. The third kappa shape index (κ3) is 3.03. The molecule has 0 saturated heterocycles. The molecule has 0 fully saturated rings. The molecule has 0 aliphatic carbocycles. The van der Waals surface area contributed by atoms with Crippen molar-refractivity contribution < 1.29 is 8.42 Å². The fourth-order valence-corrected chi connectivity index (χ4v) is 3.21. The molecule has 0 spiro atoms. The van der Waals surface area contributed by atoms with E-state index in [4.69, 9.17) is 0 Å². The maximum atomic E-state index is 12.2. The van der Waals surface area contributed by atoms with E-state index in [-0.39, 0.29) is 0 Å². The summed E-state index contributed by atoms with van der Waals surface area (Å²) in [6.07, 6.45) is 1.04. The Morgan fingerprint density at radius 1 is 1.17 bits per heavy atom. The van der Waals surface area contributed by atoms with Crippen LogP contribution < -0.4 is 5.32 Å². The molecule has 1 rings (SSSR count). The summed E-state index contributed by atoms with van der Waals surface area (Å²) in [6, 6.07) is 3.78. The van der Waals surface area contributed by atoms with Gasteiger partial charge in [-0.15, -0.1) is 0 Å². The van der Waals surface area contributed by atoms with Gasteiger partial charge in [-0.05, 0) is 43.5 Å². The molecule has 0 aliphatic heterocycles. The normalized spacial score (nSPS) is 11.9. The molecule has 18 heavy (non-hydrogen) atoms. The zero-order valence-corrected chi connectivity index (χ0v) is 12.6. The van der Waals surface area contributed by atoms with Crippen LogP contribution in [0.2, 0.25) is 0 Å². The average molecular weight is 270 g/mol. The molecule has 0 bridgehead atoms. The predicted octanol–water partition coefficient (Wildman–Crippen LogP) is 2.38. The highest BCUT2D eigenvalue weighted by Crippen LogP contribution is 2.26. The maximum absolute atomic E-state index is 12.2. The summed E-state index contributed by atoms with van der Waals surface area (Å²) >= 11 is 0. The molecule has 1 N–H and O–H groups in total. The number of anilines is 1. The van der Waals surface area contributed by atoms with Crippen LogP contribution >= 0.6 is 0 Å². The number of nitrogens with zero attached hydrogens (tertiary/aromatic N) is 1. The first kappa shape index (κ1) is 15.0. The Morgan fingerprint density at radius 2 is 1.67 bits per heavy atom. The van der Waals surface area contributed by atoms with Crippen molar-refractivity contribution in [2.45, 2.75) is 32.1 Å². The Kier molecular flexibility index (Phi) is 4.76. The van der Waals surface area contributed by atoms with E-state index in [9.17, 15) is 8.42 Å². The standard InChI is InChI=1S/C13H22N2O2S/c1-6-7-14-12-8-10(2)13(11(3)9-12)18(16,17)15(4)5/h8-9,14H,6-7H2,1-5H3. The SMILES string of the molecule is CCCNc1cc(C)c(S(=O)(=O)N(C)C)c(C)c1. The number of rotatable bonds is 5. The third-order valence-corrected chi connectivity index (χ3v) is 4.90. The van der Waals surface area contributed by atoms with Crippen molar-refractivity contribution in [3.63, 3.8) is 0 Å². The van der Waals surface area contributed by atoms with Gasteiger partial charge in [0.1, 0.15) is 0 Å². The van der Waals surface area contributed by atoms with Crippen LogP contribution in [0.4, 0.5) is 5.69 Å². The number of nitrogens with one attached hydrogen (secondary N) is 1. The lowest BCUT2D eigenvalue weighted by Gasteiger charge is -2.17. The Bertz CT molecular complexity index is 499. The molecule has 0 radical (unpaired) electrons. The van der Waals surface area contributed by atoms with Crippen LogP contribution in [0.3, 0.4) is 0 Å². The largest absolute Gasteiger partial charge is 0.385 e. The van der Waals surface area contributed by atoms with Crippen LogP contribution in [-0.2, 0) is 10.0 Å². The summed E-state index contributed by atoms with van der Waals surface area (Å²) in [7, 11) is -0.264. The summed E-state index contributed by atoms with van der Waals surface area (Å²) in [5.41, 5.74) is 2.54. The van der Waals surface area contributed by atoms with E-state index in [0.29, 0.717) is 4.90 Å². The summed E-state index contributed by atoms with van der Waals surface area (Å²) in [6.45, 7) is 6.65. The zero-order chi connectivity index (χ0) is 13.9. The van der Waals surface area contributed by atoms with Crippen molar-refractivity contribution >= 4 is 15.7 Å². The Balaban J connectivity index is 3.25. The number of benzene rings is 1. The van der Waals surface area contributed by atoms with E-state index >= 15 is 0 Å². The minimum absolute atomic E-state index is 0.412. The smallest absolute Gasteiger partial charge is 0.243 e. The molecule has 0 unspecified atom stereocenters. The molecular weight excluding hydrogens is 248 g/mol. The van der Waals surface area contributed by atoms with E-state index in [1.54, 1.807) is 14.1 Å². The third-order valence-electron chi connectivity index (χ3n) is 2.78. The molecule has 0 aromatic heterocycles. The van der Waals surface area contributed by atoms with Crippen molar-refractivity contribution in [2.75, 3.05) is 26.0 Å². The van der Waals surface area contributed by atoms with E-state index in [0.717, 1.165) is 29.8 Å². The van der Waals surface area contributed by atoms with Crippen LogP contribution in [0.5, 0.6) is 0 Å². The molecule has 0 atom stereocenters. The second kappa shape index (κ2) is 5.71. The Morgan fingerprint density at radius 3 is 2.06 bits per heavy atom. The number of sulfonamides is 1. The highest BCUT2D eigenvalue weighted by molar-refractivity contribution is 7.89. The molecule has 102 valence electrons. The molecule has 0 heterocycles. The second-order valence-electron chi connectivity index (χ2n) is 4.65. The van der Waals surface area contributed by atoms with Crippen LogP contribution in [-0.4, -0.2) is 33.4 Å². The minimum Gasteiger partial charge on any atom is -0.385 e. The van der Waals surface area contributed by atoms with Crippen molar-refractivity contribution in [2.24, 2.45) is 0 Å². The van der Waals surface area contributed by atoms with Gasteiger partial charge < -0.3 is 5.32 Å². The molecular formula is C13H22N2O2S. The lowest BCUT2D eigenvalue weighted by molar-refractivity contribution is 0.519.